The number of hydrogen-bond donors (Lipinski definition) is 2. The van der Waals surface area contributed by atoms with E-state index in [0.717, 1.165) is 38.1 Å². The van der Waals surface area contributed by atoms with Crippen LogP contribution in [0.15, 0.2) is 36.4 Å². The van der Waals surface area contributed by atoms with E-state index in [1.165, 1.54) is 0 Å². The van der Waals surface area contributed by atoms with Gasteiger partial charge < -0.3 is 34.6 Å². The predicted octanol–water partition coefficient (Wildman–Crippen LogP) is 2.52. The fourth-order valence-corrected chi connectivity index (χ4v) is 6.19. The van der Waals surface area contributed by atoms with E-state index in [2.05, 4.69) is 15.2 Å². The van der Waals surface area contributed by atoms with Crippen molar-refractivity contribution < 1.29 is 33.8 Å². The molecule has 1 saturated carbocycles. The molecule has 4 atom stereocenters. The molecule has 13 heteroatoms. The van der Waals surface area contributed by atoms with Crippen LogP contribution in [0.4, 0.5) is 10.6 Å². The van der Waals surface area contributed by atoms with Crippen LogP contribution in [0.3, 0.4) is 0 Å². The van der Waals surface area contributed by atoms with E-state index in [4.69, 9.17) is 14.5 Å². The number of carboxylic acids is 1. The highest BCUT2D eigenvalue weighted by Crippen LogP contribution is 2.52. The first kappa shape index (κ1) is 32.1. The number of fused-ring (bicyclic) bond motifs is 1. The average molecular weight is 623 g/mol. The van der Waals surface area contributed by atoms with Gasteiger partial charge in [0.1, 0.15) is 17.6 Å². The van der Waals surface area contributed by atoms with Gasteiger partial charge in [0.05, 0.1) is 6.61 Å². The molecule has 0 unspecified atom stereocenters. The van der Waals surface area contributed by atoms with E-state index in [9.17, 15) is 24.3 Å². The second kappa shape index (κ2) is 14.7. The van der Waals surface area contributed by atoms with Crippen molar-refractivity contribution in [3.63, 3.8) is 0 Å². The van der Waals surface area contributed by atoms with E-state index in [0.29, 0.717) is 36.0 Å². The van der Waals surface area contributed by atoms with Crippen molar-refractivity contribution in [2.24, 2.45) is 17.8 Å². The first-order valence-electron chi connectivity index (χ1n) is 15.7. The van der Waals surface area contributed by atoms with E-state index in [1.807, 2.05) is 37.3 Å². The minimum absolute atomic E-state index is 0.0843. The van der Waals surface area contributed by atoms with Crippen LogP contribution in [0, 0.1) is 17.8 Å². The molecule has 5 rings (SSSR count). The largest absolute Gasteiger partial charge is 0.481 e. The zero-order valence-electron chi connectivity index (χ0n) is 25.9. The zero-order chi connectivity index (χ0) is 31.9. The summed E-state index contributed by atoms with van der Waals surface area (Å²) < 4.78 is 10.6. The minimum Gasteiger partial charge on any atom is -0.481 e. The van der Waals surface area contributed by atoms with Gasteiger partial charge in [-0.25, -0.2) is 14.8 Å². The van der Waals surface area contributed by atoms with Gasteiger partial charge in [-0.3, -0.25) is 14.4 Å². The second-order valence-corrected chi connectivity index (χ2v) is 11.9. The van der Waals surface area contributed by atoms with Crippen LogP contribution in [-0.4, -0.2) is 114 Å². The average Bonchev–Trinajstić information content (AvgIpc) is 3.48. The SMILES string of the molecule is CCCCOC(=O)N1CCN(C(=O)[C@H](CCC(=O)O)NC(=O)c2cc(N3C[C@@H]4[C@@H](COC)[C@@H]4C3)nc(-c3ccccc3)n2)CC1. The maximum absolute atomic E-state index is 13.7. The Bertz CT molecular complexity index is 1360. The van der Waals surface area contributed by atoms with Gasteiger partial charge in [0.15, 0.2) is 5.82 Å². The summed E-state index contributed by atoms with van der Waals surface area (Å²) in [4.78, 5) is 65.7. The number of aromatic nitrogens is 2. The van der Waals surface area contributed by atoms with Gasteiger partial charge in [-0.1, -0.05) is 43.7 Å². The molecule has 3 amide bonds. The minimum atomic E-state index is -1.08. The number of carbonyl (C=O) groups is 4. The number of carbonyl (C=O) groups excluding carboxylic acids is 3. The van der Waals surface area contributed by atoms with Crippen LogP contribution in [0.5, 0.6) is 0 Å². The molecule has 242 valence electrons. The van der Waals surface area contributed by atoms with Crippen LogP contribution in [0.1, 0.15) is 43.1 Å². The van der Waals surface area contributed by atoms with Gasteiger partial charge in [-0.05, 0) is 30.6 Å². The molecule has 1 aromatic carbocycles. The fraction of sp³-hybridized carbons (Fsp3) is 0.562. The Hall–Kier alpha value is -4.26. The molecule has 2 N–H and O–H groups in total. The quantitative estimate of drug-likeness (QED) is 0.319. The van der Waals surface area contributed by atoms with Gasteiger partial charge in [0.25, 0.3) is 5.91 Å². The Morgan fingerprint density at radius 2 is 1.71 bits per heavy atom. The monoisotopic (exact) mass is 622 g/mol. The number of methoxy groups -OCH3 is 1. The molecule has 0 radical (unpaired) electrons. The van der Waals surface area contributed by atoms with E-state index >= 15 is 0 Å². The summed E-state index contributed by atoms with van der Waals surface area (Å²) in [5, 5.41) is 12.1. The van der Waals surface area contributed by atoms with Crippen LogP contribution < -0.4 is 10.2 Å². The van der Waals surface area contributed by atoms with Crippen molar-refractivity contribution in [2.75, 3.05) is 64.5 Å². The van der Waals surface area contributed by atoms with Gasteiger partial charge in [-0.2, -0.15) is 0 Å². The summed E-state index contributed by atoms with van der Waals surface area (Å²) in [6, 6.07) is 9.93. The van der Waals surface area contributed by atoms with Crippen molar-refractivity contribution >= 4 is 29.7 Å². The highest BCUT2D eigenvalue weighted by Gasteiger charge is 2.55. The first-order chi connectivity index (χ1) is 21.8. The molecule has 1 aliphatic carbocycles. The number of ether oxygens (including phenoxy) is 2. The lowest BCUT2D eigenvalue weighted by atomic mass is 10.1. The highest BCUT2D eigenvalue weighted by molar-refractivity contribution is 5.97. The number of nitrogens with zero attached hydrogens (tertiary/aromatic N) is 5. The number of aliphatic carboxylic acids is 1. The molecule has 1 aromatic heterocycles. The predicted molar refractivity (Wildman–Crippen MR) is 165 cm³/mol. The summed E-state index contributed by atoms with van der Waals surface area (Å²) in [6.45, 7) is 5.78. The van der Waals surface area contributed by atoms with E-state index in [1.54, 1.807) is 23.0 Å². The normalized spacial score (nSPS) is 21.2. The Kier molecular flexibility index (Phi) is 10.5. The van der Waals surface area contributed by atoms with Gasteiger partial charge in [0.2, 0.25) is 5.91 Å². The maximum atomic E-state index is 13.7. The smallest absolute Gasteiger partial charge is 0.409 e. The van der Waals surface area contributed by atoms with Crippen LogP contribution in [0.25, 0.3) is 11.4 Å². The van der Waals surface area contributed by atoms with Gasteiger partial charge >= 0.3 is 12.1 Å². The van der Waals surface area contributed by atoms with Crippen molar-refractivity contribution in [1.29, 1.82) is 0 Å². The number of hydrogen-bond acceptors (Lipinski definition) is 9. The van der Waals surface area contributed by atoms with Gasteiger partial charge in [-0.15, -0.1) is 0 Å². The van der Waals surface area contributed by atoms with Gasteiger partial charge in [0, 0.05) is 71.0 Å². The molecular formula is C32H42N6O7. The molecule has 0 bridgehead atoms. The number of benzene rings is 1. The number of nitrogens with one attached hydrogen (secondary N) is 1. The van der Waals surface area contributed by atoms with Crippen molar-refractivity contribution in [2.45, 2.75) is 38.6 Å². The standard InChI is InChI=1S/C32H42N6O7/c1-3-4-16-45-32(43)37-14-12-36(13-15-37)31(42)25(10-11-28(39)40)34-30(41)26-17-27(35-29(33-26)21-8-6-5-7-9-21)38-18-22-23(19-38)24(22)20-44-2/h5-9,17,22-25H,3-4,10-16,18-20H2,1-2H3,(H,34,41)(H,39,40)/t22-,23+,24+,25-/m0/s1. The molecule has 45 heavy (non-hydrogen) atoms. The lowest BCUT2D eigenvalue weighted by Gasteiger charge is -2.36. The molecule has 2 aliphatic heterocycles. The number of piperidine rings is 1. The van der Waals surface area contributed by atoms with Crippen LogP contribution in [0.2, 0.25) is 0 Å². The molecule has 2 aromatic rings. The Morgan fingerprint density at radius 3 is 2.36 bits per heavy atom. The number of unbranched alkanes of at least 4 members (excludes halogenated alkanes) is 1. The molecule has 2 saturated heterocycles. The van der Waals surface area contributed by atoms with Crippen molar-refractivity contribution in [3.8, 4) is 11.4 Å². The maximum Gasteiger partial charge on any atom is 0.409 e. The molecule has 3 heterocycles. The number of anilines is 1. The third kappa shape index (κ3) is 7.88. The molecule has 13 nitrogen and oxygen atoms in total. The van der Waals surface area contributed by atoms with Crippen molar-refractivity contribution in [3.05, 3.63) is 42.1 Å². The summed E-state index contributed by atoms with van der Waals surface area (Å²) in [6.07, 6.45) is 0.897. The van der Waals surface area contributed by atoms with Crippen LogP contribution >= 0.6 is 0 Å². The van der Waals surface area contributed by atoms with Crippen molar-refractivity contribution in [1.82, 2.24) is 25.1 Å². The molecular weight excluding hydrogens is 580 g/mol. The van der Waals surface area contributed by atoms with Crippen LogP contribution in [-0.2, 0) is 19.1 Å². The number of amides is 3. The topological polar surface area (TPSA) is 154 Å². The summed E-state index contributed by atoms with van der Waals surface area (Å²) in [5.41, 5.74) is 0.847. The second-order valence-electron chi connectivity index (χ2n) is 11.9. The third-order valence-corrected chi connectivity index (χ3v) is 8.85. The zero-order valence-corrected chi connectivity index (χ0v) is 25.9. The van der Waals surface area contributed by atoms with E-state index < -0.39 is 29.9 Å². The summed E-state index contributed by atoms with van der Waals surface area (Å²) >= 11 is 0. The Labute approximate surface area is 262 Å². The highest BCUT2D eigenvalue weighted by atomic mass is 16.6. The molecule has 0 spiro atoms. The summed E-state index contributed by atoms with van der Waals surface area (Å²) in [7, 11) is 1.72. The number of rotatable bonds is 13. The molecule has 3 fully saturated rings. The fourth-order valence-electron chi connectivity index (χ4n) is 6.19. The number of piperazine rings is 1. The Morgan fingerprint density at radius 1 is 1.02 bits per heavy atom. The third-order valence-electron chi connectivity index (χ3n) is 8.85. The Balaban J connectivity index is 1.30. The summed E-state index contributed by atoms with van der Waals surface area (Å²) in [5.74, 6) is 0.554. The lowest BCUT2D eigenvalue weighted by molar-refractivity contribution is -0.138. The first-order valence-corrected chi connectivity index (χ1v) is 15.7. The van der Waals surface area contributed by atoms with E-state index in [-0.39, 0.29) is 44.7 Å². The lowest BCUT2D eigenvalue weighted by Crippen LogP contribution is -2.56. The molecule has 3 aliphatic rings. The number of carboxylic acid groups (broad SMARTS) is 1.